The minimum absolute atomic E-state index is 0.100. The molecule has 6 heterocycles. The number of nitrogens with zero attached hydrogens (tertiary/aromatic N) is 4. The number of pyridine rings is 2. The molecule has 3 fully saturated rings. The van der Waals surface area contributed by atoms with Gasteiger partial charge in [-0.15, -0.1) is 0 Å². The van der Waals surface area contributed by atoms with Crippen LogP contribution < -0.4 is 9.64 Å². The van der Waals surface area contributed by atoms with Crippen molar-refractivity contribution in [3.63, 3.8) is 0 Å². The number of hydrogen-bond donors (Lipinski definition) is 1. The van der Waals surface area contributed by atoms with E-state index >= 15 is 0 Å². The number of carbonyl (C=O) groups is 1. The maximum atomic E-state index is 14.8. The second kappa shape index (κ2) is 5.91. The highest BCUT2D eigenvalue weighted by atomic mass is 19.1. The quantitative estimate of drug-likeness (QED) is 0.786. The van der Waals surface area contributed by atoms with Crippen LogP contribution in [0.1, 0.15) is 31.4 Å². The molecule has 2 aromatic heterocycles. The first kappa shape index (κ1) is 17.2. The third-order valence-electron chi connectivity index (χ3n) is 6.82. The van der Waals surface area contributed by atoms with Crippen molar-refractivity contribution >= 4 is 22.7 Å². The number of piperazine rings is 1. The maximum Gasteiger partial charge on any atom is 0.407 e. The van der Waals surface area contributed by atoms with Crippen molar-refractivity contribution in [2.75, 3.05) is 24.7 Å². The molecule has 0 radical (unpaired) electrons. The minimum Gasteiger partial charge on any atom is -0.472 e. The number of ether oxygens (including phenoxy) is 2. The van der Waals surface area contributed by atoms with E-state index in [1.807, 2.05) is 6.92 Å². The molecule has 2 aromatic rings. The van der Waals surface area contributed by atoms with Crippen LogP contribution in [0, 0.1) is 5.82 Å². The standard InChI is InChI=1S/C20H21FN4O4/c1-9-17-15-3-2-11(25(15)20(26)27)6-24(17)18-16-12(13(21)5-22-19(16)29-9)4-14(23-18)10-7-28-8-10/h4-5,9-11,15,17H,2-3,6-8H2,1H3,(H,26,27). The largest absolute Gasteiger partial charge is 0.472 e. The Bertz CT molecular complexity index is 1030. The third-order valence-corrected chi connectivity index (χ3v) is 6.82. The van der Waals surface area contributed by atoms with Gasteiger partial charge in [0.05, 0.1) is 48.6 Å². The van der Waals surface area contributed by atoms with Gasteiger partial charge in [-0.3, -0.25) is 4.90 Å². The van der Waals surface area contributed by atoms with Crippen molar-refractivity contribution in [1.29, 1.82) is 0 Å². The summed E-state index contributed by atoms with van der Waals surface area (Å²) in [4.78, 5) is 24.8. The zero-order valence-corrected chi connectivity index (χ0v) is 15.9. The van der Waals surface area contributed by atoms with Gasteiger partial charge in [0.2, 0.25) is 5.88 Å². The molecule has 29 heavy (non-hydrogen) atoms. The van der Waals surface area contributed by atoms with Crippen molar-refractivity contribution in [3.05, 3.63) is 23.8 Å². The van der Waals surface area contributed by atoms with Crippen LogP contribution in [0.3, 0.4) is 0 Å². The van der Waals surface area contributed by atoms with Gasteiger partial charge in [-0.05, 0) is 25.8 Å². The lowest BCUT2D eigenvalue weighted by Gasteiger charge is -2.47. The number of fused-ring (bicyclic) bond motifs is 5. The first-order valence-corrected chi connectivity index (χ1v) is 10.0. The Hall–Kier alpha value is -2.68. The Kier molecular flexibility index (Phi) is 3.51. The van der Waals surface area contributed by atoms with Crippen LogP contribution in [-0.2, 0) is 4.74 Å². The molecule has 1 amide bonds. The first-order chi connectivity index (χ1) is 14.0. The van der Waals surface area contributed by atoms with Crippen molar-refractivity contribution in [2.45, 2.75) is 49.9 Å². The SMILES string of the molecule is CC1Oc2ncc(F)c3cc(C4COC4)nc(c23)N2CC3CCC(C12)N3C(=O)O. The number of hydrogen-bond acceptors (Lipinski definition) is 6. The average molecular weight is 400 g/mol. The van der Waals surface area contributed by atoms with E-state index in [4.69, 9.17) is 14.5 Å². The van der Waals surface area contributed by atoms with Gasteiger partial charge in [-0.1, -0.05) is 0 Å². The Morgan fingerprint density at radius 2 is 2.17 bits per heavy atom. The molecule has 4 atom stereocenters. The summed E-state index contributed by atoms with van der Waals surface area (Å²) in [6.45, 7) is 3.60. The molecule has 0 aromatic carbocycles. The Labute approximate surface area is 166 Å². The summed E-state index contributed by atoms with van der Waals surface area (Å²) >= 11 is 0. The van der Waals surface area contributed by atoms with Gasteiger partial charge < -0.3 is 19.5 Å². The summed E-state index contributed by atoms with van der Waals surface area (Å²) in [5, 5.41) is 10.8. The van der Waals surface area contributed by atoms with Crippen LogP contribution in [0.4, 0.5) is 15.0 Å². The van der Waals surface area contributed by atoms with Crippen molar-refractivity contribution in [3.8, 4) is 5.88 Å². The Morgan fingerprint density at radius 1 is 1.34 bits per heavy atom. The zero-order chi connectivity index (χ0) is 19.9. The summed E-state index contributed by atoms with van der Waals surface area (Å²) < 4.78 is 26.3. The highest BCUT2D eigenvalue weighted by Crippen LogP contribution is 2.45. The summed E-state index contributed by atoms with van der Waals surface area (Å²) in [5.74, 6) is 0.752. The number of aromatic nitrogens is 2. The molecular weight excluding hydrogens is 379 g/mol. The van der Waals surface area contributed by atoms with E-state index in [-0.39, 0.29) is 30.1 Å². The van der Waals surface area contributed by atoms with E-state index in [0.717, 1.165) is 18.5 Å². The summed E-state index contributed by atoms with van der Waals surface area (Å²) in [7, 11) is 0. The van der Waals surface area contributed by atoms with Crippen molar-refractivity contribution in [1.82, 2.24) is 14.9 Å². The molecule has 0 saturated carbocycles. The van der Waals surface area contributed by atoms with E-state index in [0.29, 0.717) is 42.2 Å². The number of carboxylic acid groups (broad SMARTS) is 1. The molecule has 6 rings (SSSR count). The molecule has 4 aliphatic rings. The van der Waals surface area contributed by atoms with Gasteiger partial charge in [0.15, 0.2) is 0 Å². The summed E-state index contributed by atoms with van der Waals surface area (Å²) in [6, 6.07) is 1.29. The first-order valence-electron chi connectivity index (χ1n) is 10.0. The normalized spacial score (nSPS) is 30.6. The second-order valence-corrected chi connectivity index (χ2v) is 8.39. The minimum atomic E-state index is -0.895. The molecule has 1 N–H and O–H groups in total. The topological polar surface area (TPSA) is 88.0 Å². The average Bonchev–Trinajstić information content (AvgIpc) is 2.89. The molecule has 2 bridgehead atoms. The fourth-order valence-corrected chi connectivity index (χ4v) is 5.43. The van der Waals surface area contributed by atoms with Crippen LogP contribution in [0.5, 0.6) is 5.88 Å². The van der Waals surface area contributed by atoms with Gasteiger partial charge in [-0.2, -0.15) is 0 Å². The van der Waals surface area contributed by atoms with Gasteiger partial charge in [0.1, 0.15) is 17.7 Å². The molecule has 152 valence electrons. The maximum absolute atomic E-state index is 14.8. The predicted octanol–water partition coefficient (Wildman–Crippen LogP) is 2.36. The number of rotatable bonds is 1. The molecule has 8 nitrogen and oxygen atoms in total. The molecule has 9 heteroatoms. The van der Waals surface area contributed by atoms with E-state index in [9.17, 15) is 14.3 Å². The van der Waals surface area contributed by atoms with Gasteiger partial charge in [0, 0.05) is 17.8 Å². The lowest BCUT2D eigenvalue weighted by atomic mass is 9.97. The van der Waals surface area contributed by atoms with E-state index in [2.05, 4.69) is 9.88 Å². The fraction of sp³-hybridized carbons (Fsp3) is 0.550. The monoisotopic (exact) mass is 400 g/mol. The van der Waals surface area contributed by atoms with E-state index in [1.54, 1.807) is 11.0 Å². The van der Waals surface area contributed by atoms with Crippen LogP contribution in [0.25, 0.3) is 10.8 Å². The highest BCUT2D eigenvalue weighted by Gasteiger charge is 2.52. The summed E-state index contributed by atoms with van der Waals surface area (Å²) in [5.41, 5.74) is 0.802. The molecule has 0 spiro atoms. The third kappa shape index (κ3) is 2.30. The molecule has 4 aliphatic heterocycles. The van der Waals surface area contributed by atoms with Gasteiger partial charge >= 0.3 is 6.09 Å². The number of anilines is 1. The molecule has 4 unspecified atom stereocenters. The lowest BCUT2D eigenvalue weighted by molar-refractivity contribution is 0.00677. The van der Waals surface area contributed by atoms with Crippen LogP contribution in [-0.4, -0.2) is 70.1 Å². The zero-order valence-electron chi connectivity index (χ0n) is 15.9. The molecule has 3 saturated heterocycles. The molecular formula is C20H21FN4O4. The smallest absolute Gasteiger partial charge is 0.407 e. The lowest BCUT2D eigenvalue weighted by Crippen LogP contribution is -2.64. The second-order valence-electron chi connectivity index (χ2n) is 8.39. The number of halogens is 1. The highest BCUT2D eigenvalue weighted by molar-refractivity contribution is 5.97. The summed E-state index contributed by atoms with van der Waals surface area (Å²) in [6.07, 6.45) is 1.57. The fourth-order valence-electron chi connectivity index (χ4n) is 5.43. The van der Waals surface area contributed by atoms with Gasteiger partial charge in [-0.25, -0.2) is 19.2 Å². The van der Waals surface area contributed by atoms with Crippen molar-refractivity contribution in [2.24, 2.45) is 0 Å². The predicted molar refractivity (Wildman–Crippen MR) is 101 cm³/mol. The van der Waals surface area contributed by atoms with Crippen LogP contribution in [0.2, 0.25) is 0 Å². The Morgan fingerprint density at radius 3 is 2.90 bits per heavy atom. The Balaban J connectivity index is 1.57. The van der Waals surface area contributed by atoms with Crippen LogP contribution in [0.15, 0.2) is 12.3 Å². The van der Waals surface area contributed by atoms with Crippen LogP contribution >= 0.6 is 0 Å². The number of amides is 1. The van der Waals surface area contributed by atoms with E-state index < -0.39 is 11.9 Å². The van der Waals surface area contributed by atoms with Crippen molar-refractivity contribution < 1.29 is 23.8 Å². The van der Waals surface area contributed by atoms with E-state index in [1.165, 1.54) is 6.20 Å². The molecule has 0 aliphatic carbocycles. The van der Waals surface area contributed by atoms with Gasteiger partial charge in [0.25, 0.3) is 0 Å².